The number of carbonyl (C=O) groups excluding carboxylic acids is 1. The first-order valence-electron chi connectivity index (χ1n) is 3.86. The van der Waals surface area contributed by atoms with Crippen LogP contribution in [0.25, 0.3) is 0 Å². The minimum absolute atomic E-state index is 0.235. The number of carbonyl (C=O) groups is 1. The van der Waals surface area contributed by atoms with Crippen LogP contribution in [-0.2, 0) is 14.4 Å². The SMILES string of the molecule is O=C[C@@H]1C[C@H]2COCCN2O1. The van der Waals surface area contributed by atoms with E-state index in [4.69, 9.17) is 9.57 Å². The Morgan fingerprint density at radius 2 is 2.45 bits per heavy atom. The number of ether oxygens (including phenoxy) is 1. The second-order valence-corrected chi connectivity index (χ2v) is 2.89. The predicted molar refractivity (Wildman–Crippen MR) is 36.9 cm³/mol. The molecule has 2 saturated heterocycles. The average molecular weight is 157 g/mol. The number of fused-ring (bicyclic) bond motifs is 1. The van der Waals surface area contributed by atoms with E-state index in [9.17, 15) is 4.79 Å². The van der Waals surface area contributed by atoms with Gasteiger partial charge in [-0.15, -0.1) is 0 Å². The maximum absolute atomic E-state index is 10.4. The van der Waals surface area contributed by atoms with Crippen LogP contribution in [0.2, 0.25) is 0 Å². The molecule has 2 aliphatic heterocycles. The van der Waals surface area contributed by atoms with Crippen molar-refractivity contribution in [3.63, 3.8) is 0 Å². The second kappa shape index (κ2) is 2.89. The molecule has 0 radical (unpaired) electrons. The van der Waals surface area contributed by atoms with Crippen LogP contribution in [0.4, 0.5) is 0 Å². The molecule has 0 saturated carbocycles. The third-order valence-corrected chi connectivity index (χ3v) is 2.10. The fourth-order valence-corrected chi connectivity index (χ4v) is 1.53. The minimum atomic E-state index is -0.235. The summed E-state index contributed by atoms with van der Waals surface area (Å²) in [6.45, 7) is 2.20. The van der Waals surface area contributed by atoms with Crippen LogP contribution in [0.5, 0.6) is 0 Å². The molecule has 0 bridgehead atoms. The summed E-state index contributed by atoms with van der Waals surface area (Å²) < 4.78 is 5.24. The van der Waals surface area contributed by atoms with Crippen LogP contribution >= 0.6 is 0 Å². The molecule has 0 aromatic carbocycles. The molecule has 0 N–H and O–H groups in total. The van der Waals surface area contributed by atoms with Crippen molar-refractivity contribution >= 4 is 6.29 Å². The van der Waals surface area contributed by atoms with E-state index < -0.39 is 0 Å². The van der Waals surface area contributed by atoms with Gasteiger partial charge in [0.05, 0.1) is 19.3 Å². The molecular weight excluding hydrogens is 146 g/mol. The second-order valence-electron chi connectivity index (χ2n) is 2.89. The Morgan fingerprint density at radius 1 is 1.55 bits per heavy atom. The highest BCUT2D eigenvalue weighted by atomic mass is 16.7. The summed E-state index contributed by atoms with van der Waals surface area (Å²) >= 11 is 0. The topological polar surface area (TPSA) is 38.8 Å². The van der Waals surface area contributed by atoms with Crippen molar-refractivity contribution < 1.29 is 14.4 Å². The molecule has 4 heteroatoms. The zero-order valence-electron chi connectivity index (χ0n) is 6.23. The summed E-state index contributed by atoms with van der Waals surface area (Å²) in [5, 5.41) is 1.86. The van der Waals surface area contributed by atoms with Gasteiger partial charge in [-0.25, -0.2) is 0 Å². The van der Waals surface area contributed by atoms with Crippen LogP contribution in [0.3, 0.4) is 0 Å². The molecule has 2 atom stereocenters. The lowest BCUT2D eigenvalue weighted by Crippen LogP contribution is -2.39. The van der Waals surface area contributed by atoms with Gasteiger partial charge in [0.25, 0.3) is 0 Å². The van der Waals surface area contributed by atoms with Crippen LogP contribution in [0, 0.1) is 0 Å². The van der Waals surface area contributed by atoms with Gasteiger partial charge < -0.3 is 9.53 Å². The molecule has 0 amide bonds. The van der Waals surface area contributed by atoms with E-state index in [-0.39, 0.29) is 6.10 Å². The van der Waals surface area contributed by atoms with E-state index in [0.717, 1.165) is 19.3 Å². The molecule has 2 rings (SSSR count). The molecule has 0 aliphatic carbocycles. The van der Waals surface area contributed by atoms with Crippen molar-refractivity contribution in [1.29, 1.82) is 0 Å². The normalized spacial score (nSPS) is 38.5. The molecule has 0 spiro atoms. The van der Waals surface area contributed by atoms with Gasteiger partial charge in [-0.3, -0.25) is 4.84 Å². The fourth-order valence-electron chi connectivity index (χ4n) is 1.53. The van der Waals surface area contributed by atoms with Gasteiger partial charge in [0.1, 0.15) is 6.10 Å². The summed E-state index contributed by atoms with van der Waals surface area (Å²) in [7, 11) is 0. The predicted octanol–water partition coefficient (Wildman–Crippen LogP) is -0.410. The highest BCUT2D eigenvalue weighted by molar-refractivity contribution is 5.56. The molecule has 0 unspecified atom stereocenters. The minimum Gasteiger partial charge on any atom is -0.378 e. The van der Waals surface area contributed by atoms with Crippen molar-refractivity contribution in [2.75, 3.05) is 19.8 Å². The Bertz CT molecular complexity index is 148. The Hall–Kier alpha value is -0.450. The third-order valence-electron chi connectivity index (χ3n) is 2.10. The zero-order chi connectivity index (χ0) is 7.68. The van der Waals surface area contributed by atoms with E-state index in [1.807, 2.05) is 5.06 Å². The van der Waals surface area contributed by atoms with Gasteiger partial charge in [0.15, 0.2) is 6.29 Å². The zero-order valence-corrected chi connectivity index (χ0v) is 6.23. The first kappa shape index (κ1) is 7.21. The lowest BCUT2D eigenvalue weighted by molar-refractivity contribution is -0.193. The van der Waals surface area contributed by atoms with E-state index in [1.54, 1.807) is 0 Å². The molecule has 2 heterocycles. The molecule has 0 aromatic rings. The van der Waals surface area contributed by atoms with E-state index >= 15 is 0 Å². The Labute approximate surface area is 65.0 Å². The van der Waals surface area contributed by atoms with Gasteiger partial charge in [-0.1, -0.05) is 0 Å². The first-order valence-corrected chi connectivity index (χ1v) is 3.86. The van der Waals surface area contributed by atoms with Gasteiger partial charge in [-0.2, -0.15) is 5.06 Å². The van der Waals surface area contributed by atoms with Crippen molar-refractivity contribution in [3.05, 3.63) is 0 Å². The number of hydrogen-bond donors (Lipinski definition) is 0. The van der Waals surface area contributed by atoms with Gasteiger partial charge in [0, 0.05) is 13.0 Å². The Morgan fingerprint density at radius 3 is 3.18 bits per heavy atom. The lowest BCUT2D eigenvalue weighted by atomic mass is 10.1. The summed E-state index contributed by atoms with van der Waals surface area (Å²) in [6.07, 6.45) is 1.41. The monoisotopic (exact) mass is 157 g/mol. The van der Waals surface area contributed by atoms with E-state index in [1.165, 1.54) is 0 Å². The van der Waals surface area contributed by atoms with E-state index in [0.29, 0.717) is 19.3 Å². The molecular formula is C7H11NO3. The van der Waals surface area contributed by atoms with Crippen molar-refractivity contribution in [2.45, 2.75) is 18.6 Å². The van der Waals surface area contributed by atoms with Crippen LogP contribution in [0.15, 0.2) is 0 Å². The highest BCUT2D eigenvalue weighted by Gasteiger charge is 2.35. The smallest absolute Gasteiger partial charge is 0.150 e. The largest absolute Gasteiger partial charge is 0.378 e. The molecule has 2 aliphatic rings. The van der Waals surface area contributed by atoms with Crippen LogP contribution in [0.1, 0.15) is 6.42 Å². The van der Waals surface area contributed by atoms with Gasteiger partial charge in [0.2, 0.25) is 0 Å². The number of aldehydes is 1. The number of hydrogen-bond acceptors (Lipinski definition) is 4. The van der Waals surface area contributed by atoms with Crippen LogP contribution in [-0.4, -0.2) is 43.3 Å². The summed E-state index contributed by atoms with van der Waals surface area (Å²) in [4.78, 5) is 15.7. The van der Waals surface area contributed by atoms with Gasteiger partial charge in [-0.05, 0) is 0 Å². The number of nitrogens with zero attached hydrogens (tertiary/aromatic N) is 1. The maximum Gasteiger partial charge on any atom is 0.150 e. The number of morpholine rings is 1. The molecule has 2 fully saturated rings. The Kier molecular flexibility index (Phi) is 1.89. The third kappa shape index (κ3) is 1.29. The number of hydroxylamine groups is 2. The van der Waals surface area contributed by atoms with E-state index in [2.05, 4.69) is 0 Å². The molecule has 11 heavy (non-hydrogen) atoms. The van der Waals surface area contributed by atoms with Crippen molar-refractivity contribution in [2.24, 2.45) is 0 Å². The first-order chi connectivity index (χ1) is 5.40. The maximum atomic E-state index is 10.4. The lowest BCUT2D eigenvalue weighted by Gasteiger charge is -2.26. The molecule has 4 nitrogen and oxygen atoms in total. The summed E-state index contributed by atoms with van der Waals surface area (Å²) in [5.41, 5.74) is 0. The van der Waals surface area contributed by atoms with Gasteiger partial charge >= 0.3 is 0 Å². The van der Waals surface area contributed by atoms with Crippen molar-refractivity contribution in [1.82, 2.24) is 5.06 Å². The average Bonchev–Trinajstić information content (AvgIpc) is 2.46. The standard InChI is InChI=1S/C7H11NO3/c9-4-7-3-6-5-10-2-1-8(6)11-7/h4,6-7H,1-3,5H2/t6-,7-/m0/s1. The Balaban J connectivity index is 1.97. The quantitative estimate of drug-likeness (QED) is 0.485. The fraction of sp³-hybridized carbons (Fsp3) is 0.857. The van der Waals surface area contributed by atoms with Crippen molar-refractivity contribution in [3.8, 4) is 0 Å². The highest BCUT2D eigenvalue weighted by Crippen LogP contribution is 2.21. The summed E-state index contributed by atoms with van der Waals surface area (Å²) in [5.74, 6) is 0. The molecule has 0 aromatic heterocycles. The molecule has 62 valence electrons. The summed E-state index contributed by atoms with van der Waals surface area (Å²) in [6, 6.07) is 0.305. The number of rotatable bonds is 1. The van der Waals surface area contributed by atoms with Crippen LogP contribution < -0.4 is 0 Å².